The fourth-order valence-corrected chi connectivity index (χ4v) is 2.88. The van der Waals surface area contributed by atoms with Crippen molar-refractivity contribution in [2.75, 3.05) is 31.6 Å². The predicted molar refractivity (Wildman–Crippen MR) is 86.8 cm³/mol. The van der Waals surface area contributed by atoms with Crippen LogP contribution in [0.1, 0.15) is 25.1 Å². The van der Waals surface area contributed by atoms with E-state index < -0.39 is 6.10 Å². The summed E-state index contributed by atoms with van der Waals surface area (Å²) >= 11 is 0. The van der Waals surface area contributed by atoms with Crippen LogP contribution in [0.15, 0.2) is 18.2 Å². The fourth-order valence-electron chi connectivity index (χ4n) is 2.88. The highest BCUT2D eigenvalue weighted by atomic mass is 16.3. The molecule has 1 aliphatic heterocycles. The summed E-state index contributed by atoms with van der Waals surface area (Å²) in [6.45, 7) is 3.28. The SMILES string of the molecule is OCC(O)CNc1ccc2nc(CN3CCCCC3)[nH]c2c1. The Balaban J connectivity index is 1.67. The molecule has 1 aromatic heterocycles. The molecular formula is C16H24N4O2. The van der Waals surface area contributed by atoms with E-state index in [-0.39, 0.29) is 6.61 Å². The number of likely N-dealkylation sites (tertiary alicyclic amines) is 1. The summed E-state index contributed by atoms with van der Waals surface area (Å²) in [5.41, 5.74) is 2.86. The van der Waals surface area contributed by atoms with Crippen molar-refractivity contribution in [3.63, 3.8) is 0 Å². The largest absolute Gasteiger partial charge is 0.394 e. The molecule has 1 aliphatic rings. The third-order valence-electron chi connectivity index (χ3n) is 4.11. The van der Waals surface area contributed by atoms with Crippen LogP contribution in [0, 0.1) is 0 Å². The van der Waals surface area contributed by atoms with E-state index in [4.69, 9.17) is 5.11 Å². The average molecular weight is 304 g/mol. The molecule has 1 fully saturated rings. The lowest BCUT2D eigenvalue weighted by Gasteiger charge is -2.25. The van der Waals surface area contributed by atoms with Crippen LogP contribution >= 0.6 is 0 Å². The highest BCUT2D eigenvalue weighted by Crippen LogP contribution is 2.19. The number of rotatable bonds is 6. The minimum absolute atomic E-state index is 0.237. The standard InChI is InChI=1S/C16H24N4O2/c21-11-13(22)9-17-12-4-5-14-15(8-12)19-16(18-14)10-20-6-2-1-3-7-20/h4-5,8,13,17,21-22H,1-3,6-7,9-11H2,(H,18,19). The van der Waals surface area contributed by atoms with Gasteiger partial charge in [-0.25, -0.2) is 4.98 Å². The van der Waals surface area contributed by atoms with Crippen molar-refractivity contribution in [1.29, 1.82) is 0 Å². The molecule has 22 heavy (non-hydrogen) atoms. The number of hydrogen-bond donors (Lipinski definition) is 4. The van der Waals surface area contributed by atoms with Crippen LogP contribution in [0.2, 0.25) is 0 Å². The normalized spacial score (nSPS) is 17.7. The number of fused-ring (bicyclic) bond motifs is 1. The predicted octanol–water partition coefficient (Wildman–Crippen LogP) is 1.31. The minimum atomic E-state index is -0.743. The maximum atomic E-state index is 9.38. The van der Waals surface area contributed by atoms with Crippen LogP contribution in [-0.2, 0) is 6.54 Å². The Bertz CT molecular complexity index is 607. The molecule has 0 bridgehead atoms. The van der Waals surface area contributed by atoms with Crippen molar-refractivity contribution in [2.45, 2.75) is 31.9 Å². The van der Waals surface area contributed by atoms with Gasteiger partial charge in [0, 0.05) is 12.2 Å². The van der Waals surface area contributed by atoms with E-state index in [9.17, 15) is 5.11 Å². The molecule has 2 aromatic rings. The van der Waals surface area contributed by atoms with Gasteiger partial charge in [-0.3, -0.25) is 4.90 Å². The molecule has 1 unspecified atom stereocenters. The van der Waals surface area contributed by atoms with Crippen molar-refractivity contribution in [1.82, 2.24) is 14.9 Å². The molecular weight excluding hydrogens is 280 g/mol. The van der Waals surface area contributed by atoms with E-state index in [1.54, 1.807) is 0 Å². The van der Waals surface area contributed by atoms with Crippen LogP contribution < -0.4 is 5.32 Å². The molecule has 0 radical (unpaired) electrons. The number of hydrogen-bond acceptors (Lipinski definition) is 5. The van der Waals surface area contributed by atoms with Crippen molar-refractivity contribution in [3.8, 4) is 0 Å². The lowest BCUT2D eigenvalue weighted by Crippen LogP contribution is -2.29. The maximum absolute atomic E-state index is 9.38. The number of nitrogens with one attached hydrogen (secondary N) is 2. The quantitative estimate of drug-likeness (QED) is 0.647. The average Bonchev–Trinajstić information content (AvgIpc) is 2.94. The summed E-state index contributed by atoms with van der Waals surface area (Å²) in [5.74, 6) is 1.00. The van der Waals surface area contributed by atoms with Gasteiger partial charge in [-0.1, -0.05) is 6.42 Å². The second-order valence-corrected chi connectivity index (χ2v) is 5.97. The molecule has 1 atom stereocenters. The first-order valence-electron chi connectivity index (χ1n) is 7.98. The Hall–Kier alpha value is -1.63. The van der Waals surface area contributed by atoms with Crippen molar-refractivity contribution in [2.24, 2.45) is 0 Å². The molecule has 0 spiro atoms. The first-order chi connectivity index (χ1) is 10.7. The monoisotopic (exact) mass is 304 g/mol. The van der Waals surface area contributed by atoms with E-state index in [2.05, 4.69) is 20.2 Å². The number of imidazole rings is 1. The van der Waals surface area contributed by atoms with E-state index in [0.29, 0.717) is 6.54 Å². The molecule has 120 valence electrons. The molecule has 1 saturated heterocycles. The summed E-state index contributed by atoms with van der Waals surface area (Å²) in [4.78, 5) is 10.5. The summed E-state index contributed by atoms with van der Waals surface area (Å²) in [5, 5.41) is 21.3. The molecule has 1 aromatic carbocycles. The molecule has 6 nitrogen and oxygen atoms in total. The van der Waals surface area contributed by atoms with Crippen LogP contribution in [0.4, 0.5) is 5.69 Å². The zero-order valence-corrected chi connectivity index (χ0v) is 12.8. The van der Waals surface area contributed by atoms with Crippen molar-refractivity contribution >= 4 is 16.7 Å². The molecule has 2 heterocycles. The zero-order chi connectivity index (χ0) is 15.4. The summed E-state index contributed by atoms with van der Waals surface area (Å²) in [6, 6.07) is 5.91. The molecule has 6 heteroatoms. The van der Waals surface area contributed by atoms with Gasteiger partial charge in [-0.2, -0.15) is 0 Å². The Labute approximate surface area is 130 Å². The Morgan fingerprint density at radius 1 is 1.27 bits per heavy atom. The van der Waals surface area contributed by atoms with Gasteiger partial charge in [0.25, 0.3) is 0 Å². The van der Waals surface area contributed by atoms with Gasteiger partial charge in [0.2, 0.25) is 0 Å². The second kappa shape index (κ2) is 7.09. The van der Waals surface area contributed by atoms with E-state index in [1.165, 1.54) is 19.3 Å². The number of piperidine rings is 1. The maximum Gasteiger partial charge on any atom is 0.121 e. The highest BCUT2D eigenvalue weighted by Gasteiger charge is 2.13. The number of aliphatic hydroxyl groups excluding tert-OH is 2. The number of anilines is 1. The van der Waals surface area contributed by atoms with Gasteiger partial charge in [0.15, 0.2) is 0 Å². The van der Waals surface area contributed by atoms with Crippen molar-refractivity contribution in [3.05, 3.63) is 24.0 Å². The summed E-state index contributed by atoms with van der Waals surface area (Å²) in [6.07, 6.45) is 3.15. The lowest BCUT2D eigenvalue weighted by atomic mass is 10.1. The third-order valence-corrected chi connectivity index (χ3v) is 4.11. The second-order valence-electron chi connectivity index (χ2n) is 5.97. The van der Waals surface area contributed by atoms with E-state index in [0.717, 1.165) is 42.2 Å². The Kier molecular flexibility index (Phi) is 4.92. The molecule has 0 amide bonds. The first-order valence-corrected chi connectivity index (χ1v) is 7.98. The number of benzene rings is 1. The molecule has 0 saturated carbocycles. The number of nitrogens with zero attached hydrogens (tertiary/aromatic N) is 2. The number of H-pyrrole nitrogens is 1. The van der Waals surface area contributed by atoms with Gasteiger partial charge in [-0.05, 0) is 44.1 Å². The minimum Gasteiger partial charge on any atom is -0.394 e. The smallest absolute Gasteiger partial charge is 0.121 e. The first kappa shape index (κ1) is 15.3. The van der Waals surface area contributed by atoms with Gasteiger partial charge < -0.3 is 20.5 Å². The van der Waals surface area contributed by atoms with Crippen LogP contribution in [0.3, 0.4) is 0 Å². The van der Waals surface area contributed by atoms with E-state index >= 15 is 0 Å². The lowest BCUT2D eigenvalue weighted by molar-refractivity contribution is 0.105. The van der Waals surface area contributed by atoms with Gasteiger partial charge in [0.05, 0.1) is 30.3 Å². The molecule has 4 N–H and O–H groups in total. The number of aromatic amines is 1. The Morgan fingerprint density at radius 2 is 2.09 bits per heavy atom. The van der Waals surface area contributed by atoms with Crippen molar-refractivity contribution < 1.29 is 10.2 Å². The van der Waals surface area contributed by atoms with Crippen LogP contribution in [0.5, 0.6) is 0 Å². The number of aliphatic hydroxyl groups is 2. The van der Waals surface area contributed by atoms with Crippen LogP contribution in [0.25, 0.3) is 11.0 Å². The zero-order valence-electron chi connectivity index (χ0n) is 12.8. The molecule has 0 aliphatic carbocycles. The highest BCUT2D eigenvalue weighted by molar-refractivity contribution is 5.79. The van der Waals surface area contributed by atoms with Gasteiger partial charge >= 0.3 is 0 Å². The fraction of sp³-hybridized carbons (Fsp3) is 0.562. The summed E-state index contributed by atoms with van der Waals surface area (Å²) in [7, 11) is 0. The summed E-state index contributed by atoms with van der Waals surface area (Å²) < 4.78 is 0. The third kappa shape index (κ3) is 3.76. The van der Waals surface area contributed by atoms with Gasteiger partial charge in [0.1, 0.15) is 5.82 Å². The molecule has 3 rings (SSSR count). The van der Waals surface area contributed by atoms with Gasteiger partial charge in [-0.15, -0.1) is 0 Å². The van der Waals surface area contributed by atoms with E-state index in [1.807, 2.05) is 18.2 Å². The Morgan fingerprint density at radius 3 is 2.86 bits per heavy atom. The topological polar surface area (TPSA) is 84.4 Å². The van der Waals surface area contributed by atoms with Crippen LogP contribution in [-0.4, -0.2) is 57.4 Å². The number of aromatic nitrogens is 2.